The number of hydrogen-bond acceptors (Lipinski definition) is 5. The third-order valence-electron chi connectivity index (χ3n) is 6.21. The summed E-state index contributed by atoms with van der Waals surface area (Å²) in [6, 6.07) is 10.7. The summed E-state index contributed by atoms with van der Waals surface area (Å²) in [7, 11) is -3.71. The van der Waals surface area contributed by atoms with Crippen molar-refractivity contribution in [2.24, 2.45) is 5.92 Å². The fraction of sp³-hybridized carbons (Fsp3) is 0.391. The molecule has 0 spiro atoms. The molecular weight excluding hydrogens is 446 g/mol. The van der Waals surface area contributed by atoms with Crippen LogP contribution in [0.2, 0.25) is 0 Å². The van der Waals surface area contributed by atoms with E-state index in [1.54, 1.807) is 12.1 Å². The average molecular weight is 474 g/mol. The molecule has 7 nitrogen and oxygen atoms in total. The van der Waals surface area contributed by atoms with E-state index in [-0.39, 0.29) is 41.0 Å². The molecular formula is C23H27N3O4S2. The number of hydrogen-bond donors (Lipinski definition) is 2. The van der Waals surface area contributed by atoms with E-state index in [0.29, 0.717) is 18.5 Å². The van der Waals surface area contributed by atoms with Gasteiger partial charge in [-0.05, 0) is 69.0 Å². The van der Waals surface area contributed by atoms with Crippen molar-refractivity contribution in [1.29, 1.82) is 0 Å². The van der Waals surface area contributed by atoms with Crippen LogP contribution in [0.25, 0.3) is 0 Å². The second kappa shape index (κ2) is 8.88. The van der Waals surface area contributed by atoms with Crippen LogP contribution in [0.3, 0.4) is 0 Å². The number of anilines is 2. The quantitative estimate of drug-likeness (QED) is 0.705. The van der Waals surface area contributed by atoms with Gasteiger partial charge in [-0.1, -0.05) is 12.1 Å². The van der Waals surface area contributed by atoms with Gasteiger partial charge in [0, 0.05) is 29.6 Å². The molecule has 2 aromatic rings. The molecule has 9 heteroatoms. The molecule has 1 unspecified atom stereocenters. The molecule has 0 aromatic heterocycles. The number of nitrogens with zero attached hydrogens (tertiary/aromatic N) is 1. The first-order valence-electron chi connectivity index (χ1n) is 10.7. The standard InChI is InChI=1S/C23H27N3O4S2/c1-14-5-4-6-19(15(14)2)24-23(28)17-9-11-26(12-10-17)32(29,30)18-7-8-21-20(13-18)25-22(27)16(3)31-21/h4-8,13,16-17H,9-12H2,1-3H3,(H,24,28)(H,25,27). The van der Waals surface area contributed by atoms with Crippen molar-refractivity contribution in [3.05, 3.63) is 47.5 Å². The molecule has 2 aliphatic rings. The van der Waals surface area contributed by atoms with Gasteiger partial charge in [-0.15, -0.1) is 11.8 Å². The minimum absolute atomic E-state index is 0.0709. The monoisotopic (exact) mass is 473 g/mol. The minimum Gasteiger partial charge on any atom is -0.326 e. The fourth-order valence-corrected chi connectivity index (χ4v) is 6.40. The summed E-state index contributed by atoms with van der Waals surface area (Å²) in [5, 5.41) is 5.57. The predicted molar refractivity (Wildman–Crippen MR) is 126 cm³/mol. The lowest BCUT2D eigenvalue weighted by Gasteiger charge is -2.31. The molecule has 170 valence electrons. The Balaban J connectivity index is 1.42. The van der Waals surface area contributed by atoms with Gasteiger partial charge in [-0.3, -0.25) is 9.59 Å². The Hall–Kier alpha value is -2.36. The van der Waals surface area contributed by atoms with Crippen molar-refractivity contribution in [3.63, 3.8) is 0 Å². The highest BCUT2D eigenvalue weighted by Crippen LogP contribution is 2.37. The molecule has 2 N–H and O–H groups in total. The van der Waals surface area contributed by atoms with E-state index >= 15 is 0 Å². The molecule has 1 fully saturated rings. The molecule has 1 atom stereocenters. The van der Waals surface area contributed by atoms with Crippen LogP contribution in [0.1, 0.15) is 30.9 Å². The normalized spacial score (nSPS) is 19.8. The summed E-state index contributed by atoms with van der Waals surface area (Å²) in [4.78, 5) is 25.7. The van der Waals surface area contributed by atoms with Crippen molar-refractivity contribution < 1.29 is 18.0 Å². The smallest absolute Gasteiger partial charge is 0.243 e. The zero-order valence-electron chi connectivity index (χ0n) is 18.3. The van der Waals surface area contributed by atoms with Crippen molar-refractivity contribution >= 4 is 45.0 Å². The average Bonchev–Trinajstić information content (AvgIpc) is 2.77. The van der Waals surface area contributed by atoms with Gasteiger partial charge in [-0.25, -0.2) is 8.42 Å². The SMILES string of the molecule is Cc1cccc(NC(=O)C2CCN(S(=O)(=O)c3ccc4c(c3)NC(=O)C(C)S4)CC2)c1C. The summed E-state index contributed by atoms with van der Waals surface area (Å²) < 4.78 is 27.8. The zero-order valence-corrected chi connectivity index (χ0v) is 20.0. The van der Waals surface area contributed by atoms with Crippen LogP contribution in [0.5, 0.6) is 0 Å². The highest BCUT2D eigenvalue weighted by Gasteiger charge is 2.33. The van der Waals surface area contributed by atoms with Gasteiger partial charge >= 0.3 is 0 Å². The first-order chi connectivity index (χ1) is 15.2. The largest absolute Gasteiger partial charge is 0.326 e. The van der Waals surface area contributed by atoms with E-state index in [2.05, 4.69) is 10.6 Å². The highest BCUT2D eigenvalue weighted by atomic mass is 32.2. The van der Waals surface area contributed by atoms with Crippen molar-refractivity contribution in [1.82, 2.24) is 4.31 Å². The first kappa shape index (κ1) is 22.8. The second-order valence-electron chi connectivity index (χ2n) is 8.32. The molecule has 4 rings (SSSR count). The Kier molecular flexibility index (Phi) is 6.33. The number of piperidine rings is 1. The van der Waals surface area contributed by atoms with Gasteiger partial charge in [0.05, 0.1) is 15.8 Å². The number of rotatable bonds is 4. The summed E-state index contributed by atoms with van der Waals surface area (Å²) in [6.45, 7) is 6.35. The predicted octanol–water partition coefficient (Wildman–Crippen LogP) is 3.78. The van der Waals surface area contributed by atoms with E-state index in [1.165, 1.54) is 22.1 Å². The van der Waals surface area contributed by atoms with E-state index in [4.69, 9.17) is 0 Å². The Morgan fingerprint density at radius 3 is 2.59 bits per heavy atom. The molecule has 0 aliphatic carbocycles. The van der Waals surface area contributed by atoms with Gasteiger partial charge in [-0.2, -0.15) is 4.31 Å². The van der Waals surface area contributed by atoms with Crippen molar-refractivity contribution in [3.8, 4) is 0 Å². The van der Waals surface area contributed by atoms with Gasteiger partial charge in [0.15, 0.2) is 0 Å². The Bertz CT molecular complexity index is 1170. The second-order valence-corrected chi connectivity index (χ2v) is 11.6. The number of carbonyl (C=O) groups is 2. The first-order valence-corrected chi connectivity index (χ1v) is 13.0. The third kappa shape index (κ3) is 4.42. The van der Waals surface area contributed by atoms with Crippen molar-refractivity contribution in [2.45, 2.75) is 48.7 Å². The van der Waals surface area contributed by atoms with E-state index < -0.39 is 10.0 Å². The summed E-state index contributed by atoms with van der Waals surface area (Å²) in [5.41, 5.74) is 3.47. The van der Waals surface area contributed by atoms with Crippen LogP contribution >= 0.6 is 11.8 Å². The Morgan fingerprint density at radius 1 is 1.16 bits per heavy atom. The number of thioether (sulfide) groups is 1. The molecule has 2 heterocycles. The zero-order chi connectivity index (χ0) is 23.0. The summed E-state index contributed by atoms with van der Waals surface area (Å²) >= 11 is 1.42. The molecule has 0 saturated carbocycles. The van der Waals surface area contributed by atoms with Crippen LogP contribution in [-0.2, 0) is 19.6 Å². The van der Waals surface area contributed by atoms with Crippen LogP contribution in [0, 0.1) is 19.8 Å². The lowest BCUT2D eigenvalue weighted by atomic mass is 9.97. The van der Waals surface area contributed by atoms with Gasteiger partial charge in [0.2, 0.25) is 21.8 Å². The maximum atomic E-state index is 13.2. The van der Waals surface area contributed by atoms with Gasteiger partial charge in [0.1, 0.15) is 0 Å². The van der Waals surface area contributed by atoms with E-state index in [0.717, 1.165) is 21.7 Å². The molecule has 1 saturated heterocycles. The van der Waals surface area contributed by atoms with Gasteiger partial charge in [0.25, 0.3) is 0 Å². The van der Waals surface area contributed by atoms with E-state index in [1.807, 2.05) is 39.0 Å². The molecule has 2 amide bonds. The number of nitrogens with one attached hydrogen (secondary N) is 2. The Labute approximate surface area is 193 Å². The van der Waals surface area contributed by atoms with Gasteiger partial charge < -0.3 is 10.6 Å². The molecule has 32 heavy (non-hydrogen) atoms. The van der Waals surface area contributed by atoms with Crippen LogP contribution in [0.4, 0.5) is 11.4 Å². The molecule has 2 aromatic carbocycles. The molecule has 0 bridgehead atoms. The number of amides is 2. The number of sulfonamides is 1. The lowest BCUT2D eigenvalue weighted by molar-refractivity contribution is -0.121. The Morgan fingerprint density at radius 2 is 1.88 bits per heavy atom. The summed E-state index contributed by atoms with van der Waals surface area (Å²) in [6.07, 6.45) is 0.927. The van der Waals surface area contributed by atoms with Crippen LogP contribution in [0.15, 0.2) is 46.2 Å². The number of aryl methyl sites for hydroxylation is 1. The van der Waals surface area contributed by atoms with Crippen LogP contribution < -0.4 is 10.6 Å². The number of fused-ring (bicyclic) bond motifs is 1. The number of carbonyl (C=O) groups excluding carboxylic acids is 2. The van der Waals surface area contributed by atoms with Crippen molar-refractivity contribution in [2.75, 3.05) is 23.7 Å². The van der Waals surface area contributed by atoms with Crippen LogP contribution in [-0.4, -0.2) is 42.9 Å². The summed E-state index contributed by atoms with van der Waals surface area (Å²) in [5.74, 6) is -0.437. The molecule has 2 aliphatic heterocycles. The maximum absolute atomic E-state index is 13.2. The highest BCUT2D eigenvalue weighted by molar-refractivity contribution is 8.01. The molecule has 0 radical (unpaired) electrons. The lowest BCUT2D eigenvalue weighted by Crippen LogP contribution is -2.41. The topological polar surface area (TPSA) is 95.6 Å². The maximum Gasteiger partial charge on any atom is 0.243 e. The van der Waals surface area contributed by atoms with E-state index in [9.17, 15) is 18.0 Å². The minimum atomic E-state index is -3.71. The third-order valence-corrected chi connectivity index (χ3v) is 9.28. The fourth-order valence-electron chi connectivity index (χ4n) is 3.98. The number of benzene rings is 2.